The van der Waals surface area contributed by atoms with Crippen molar-refractivity contribution in [1.29, 1.82) is 0 Å². The minimum Gasteiger partial charge on any atom is -0.493 e. The first kappa shape index (κ1) is 17.7. The highest BCUT2D eigenvalue weighted by molar-refractivity contribution is 5.96. The Hall–Kier alpha value is -3.09. The van der Waals surface area contributed by atoms with Crippen molar-refractivity contribution in [3.8, 4) is 11.5 Å². The Morgan fingerprint density at radius 1 is 1.12 bits per heavy atom. The number of rotatable bonds is 5. The normalized spacial score (nSPS) is 12.9. The van der Waals surface area contributed by atoms with Crippen LogP contribution in [0.4, 0.5) is 0 Å². The molecule has 26 heavy (non-hydrogen) atoms. The van der Waals surface area contributed by atoms with Crippen LogP contribution in [0.25, 0.3) is 0 Å². The standard InChI is InChI=1S/C19H21N3O4/c1-25-16-9-14-5-8-22(12-15(14)10-17(16)26-2)18(23)11-21-19(24)13-3-6-20-7-4-13/h3-4,6-7,9-10H,5,8,11-12H2,1-2H3,(H,21,24). The summed E-state index contributed by atoms with van der Waals surface area (Å²) >= 11 is 0. The van der Waals surface area contributed by atoms with Gasteiger partial charge in [-0.2, -0.15) is 0 Å². The molecule has 1 aliphatic heterocycles. The van der Waals surface area contributed by atoms with Gasteiger partial charge in [0, 0.05) is 31.0 Å². The molecule has 1 aromatic heterocycles. The third-order valence-electron chi connectivity index (χ3n) is 4.41. The highest BCUT2D eigenvalue weighted by Gasteiger charge is 2.23. The van der Waals surface area contributed by atoms with Gasteiger partial charge in [0.05, 0.1) is 20.8 Å². The molecule has 0 aliphatic carbocycles. The molecule has 1 N–H and O–H groups in total. The van der Waals surface area contributed by atoms with Crippen LogP contribution in [0.5, 0.6) is 11.5 Å². The number of methoxy groups -OCH3 is 2. The number of hydrogen-bond donors (Lipinski definition) is 1. The van der Waals surface area contributed by atoms with Crippen molar-refractivity contribution >= 4 is 11.8 Å². The molecule has 2 heterocycles. The minimum absolute atomic E-state index is 0.0379. The number of ether oxygens (including phenoxy) is 2. The van der Waals surface area contributed by atoms with Gasteiger partial charge in [0.15, 0.2) is 11.5 Å². The van der Waals surface area contributed by atoms with Gasteiger partial charge in [-0.25, -0.2) is 0 Å². The molecule has 0 fully saturated rings. The zero-order valence-electron chi connectivity index (χ0n) is 14.8. The van der Waals surface area contributed by atoms with Crippen molar-refractivity contribution in [1.82, 2.24) is 15.2 Å². The van der Waals surface area contributed by atoms with Crippen LogP contribution >= 0.6 is 0 Å². The second-order valence-corrected chi connectivity index (χ2v) is 5.96. The van der Waals surface area contributed by atoms with Crippen molar-refractivity contribution in [2.45, 2.75) is 13.0 Å². The third kappa shape index (κ3) is 3.77. The third-order valence-corrected chi connectivity index (χ3v) is 4.41. The second kappa shape index (κ2) is 7.86. The SMILES string of the molecule is COc1cc2c(cc1OC)CN(C(=O)CNC(=O)c1ccncc1)CC2. The van der Waals surface area contributed by atoms with Crippen LogP contribution in [-0.4, -0.2) is 49.0 Å². The van der Waals surface area contributed by atoms with Gasteiger partial charge in [-0.1, -0.05) is 0 Å². The topological polar surface area (TPSA) is 80.8 Å². The summed E-state index contributed by atoms with van der Waals surface area (Å²) in [5, 5.41) is 2.66. The minimum atomic E-state index is -0.287. The van der Waals surface area contributed by atoms with Crippen LogP contribution in [0.2, 0.25) is 0 Å². The van der Waals surface area contributed by atoms with E-state index < -0.39 is 0 Å². The first-order valence-corrected chi connectivity index (χ1v) is 8.32. The van der Waals surface area contributed by atoms with Gasteiger partial charge >= 0.3 is 0 Å². The number of carbonyl (C=O) groups is 2. The Bertz CT molecular complexity index is 808. The average molecular weight is 355 g/mol. The summed E-state index contributed by atoms with van der Waals surface area (Å²) in [6.07, 6.45) is 3.82. The number of hydrogen-bond acceptors (Lipinski definition) is 5. The number of fused-ring (bicyclic) bond motifs is 1. The number of benzene rings is 1. The van der Waals surface area contributed by atoms with Crippen LogP contribution in [0.3, 0.4) is 0 Å². The van der Waals surface area contributed by atoms with Crippen LogP contribution in [0, 0.1) is 0 Å². The zero-order valence-corrected chi connectivity index (χ0v) is 14.8. The van der Waals surface area contributed by atoms with E-state index in [0.717, 1.165) is 17.5 Å². The Morgan fingerprint density at radius 3 is 2.42 bits per heavy atom. The molecule has 2 amide bonds. The van der Waals surface area contributed by atoms with Crippen molar-refractivity contribution in [2.24, 2.45) is 0 Å². The molecule has 3 rings (SSSR count). The predicted molar refractivity (Wildman–Crippen MR) is 95.2 cm³/mol. The van der Waals surface area contributed by atoms with Crippen molar-refractivity contribution in [3.63, 3.8) is 0 Å². The number of nitrogens with one attached hydrogen (secondary N) is 1. The van der Waals surface area contributed by atoms with E-state index in [4.69, 9.17) is 9.47 Å². The molecule has 0 atom stereocenters. The summed E-state index contributed by atoms with van der Waals surface area (Å²) in [7, 11) is 3.19. The first-order chi connectivity index (χ1) is 12.6. The Morgan fingerprint density at radius 2 is 1.77 bits per heavy atom. The fourth-order valence-electron chi connectivity index (χ4n) is 2.97. The van der Waals surface area contributed by atoms with E-state index in [2.05, 4.69) is 10.3 Å². The largest absolute Gasteiger partial charge is 0.493 e. The molecule has 1 aromatic carbocycles. The molecule has 1 aliphatic rings. The van der Waals surface area contributed by atoms with Gasteiger partial charge in [-0.3, -0.25) is 14.6 Å². The average Bonchev–Trinajstić information content (AvgIpc) is 2.70. The van der Waals surface area contributed by atoms with Crippen LogP contribution in [0.15, 0.2) is 36.7 Å². The monoisotopic (exact) mass is 355 g/mol. The maximum Gasteiger partial charge on any atom is 0.251 e. The van der Waals surface area contributed by atoms with Crippen LogP contribution in [-0.2, 0) is 17.8 Å². The molecule has 0 radical (unpaired) electrons. The zero-order chi connectivity index (χ0) is 18.5. The fourth-order valence-corrected chi connectivity index (χ4v) is 2.97. The Labute approximate surface area is 151 Å². The number of amides is 2. The second-order valence-electron chi connectivity index (χ2n) is 5.96. The highest BCUT2D eigenvalue weighted by atomic mass is 16.5. The molecule has 0 bridgehead atoms. The quantitative estimate of drug-likeness (QED) is 0.877. The summed E-state index contributed by atoms with van der Waals surface area (Å²) in [5.74, 6) is 0.930. The van der Waals surface area contributed by atoms with E-state index in [1.54, 1.807) is 43.6 Å². The molecule has 0 unspecified atom stereocenters. The molecule has 7 heteroatoms. The van der Waals surface area contributed by atoms with Gasteiger partial charge in [0.2, 0.25) is 5.91 Å². The maximum atomic E-state index is 12.5. The Kier molecular flexibility index (Phi) is 5.36. The number of nitrogens with zero attached hydrogens (tertiary/aromatic N) is 2. The van der Waals surface area contributed by atoms with Gasteiger partial charge in [-0.05, 0) is 41.8 Å². The summed E-state index contributed by atoms with van der Waals surface area (Å²) in [4.78, 5) is 30.1. The molecule has 0 spiro atoms. The fraction of sp³-hybridized carbons (Fsp3) is 0.316. The highest BCUT2D eigenvalue weighted by Crippen LogP contribution is 2.33. The van der Waals surface area contributed by atoms with Gasteiger partial charge in [0.1, 0.15) is 0 Å². The molecule has 0 saturated carbocycles. The Balaban J connectivity index is 1.63. The number of pyridine rings is 1. The summed E-state index contributed by atoms with van der Waals surface area (Å²) < 4.78 is 10.7. The van der Waals surface area contributed by atoms with Gasteiger partial charge < -0.3 is 19.7 Å². The number of aromatic nitrogens is 1. The van der Waals surface area contributed by atoms with Crippen LogP contribution < -0.4 is 14.8 Å². The lowest BCUT2D eigenvalue weighted by Gasteiger charge is -2.29. The molecular formula is C19H21N3O4. The molecule has 7 nitrogen and oxygen atoms in total. The maximum absolute atomic E-state index is 12.5. The van der Waals surface area contributed by atoms with Crippen molar-refractivity contribution in [2.75, 3.05) is 27.3 Å². The van der Waals surface area contributed by atoms with Gasteiger partial charge in [-0.15, -0.1) is 0 Å². The van der Waals surface area contributed by atoms with E-state index in [-0.39, 0.29) is 18.4 Å². The molecular weight excluding hydrogens is 334 g/mol. The van der Waals surface area contributed by atoms with Crippen LogP contribution in [0.1, 0.15) is 21.5 Å². The molecule has 2 aromatic rings. The summed E-state index contributed by atoms with van der Waals surface area (Å²) in [5.41, 5.74) is 2.66. The van der Waals surface area contributed by atoms with Gasteiger partial charge in [0.25, 0.3) is 5.91 Å². The smallest absolute Gasteiger partial charge is 0.251 e. The first-order valence-electron chi connectivity index (χ1n) is 8.32. The number of carbonyl (C=O) groups excluding carboxylic acids is 2. The summed E-state index contributed by atoms with van der Waals surface area (Å²) in [6, 6.07) is 7.08. The van der Waals surface area contributed by atoms with E-state index >= 15 is 0 Å². The summed E-state index contributed by atoms with van der Waals surface area (Å²) in [6.45, 7) is 1.05. The lowest BCUT2D eigenvalue weighted by molar-refractivity contribution is -0.131. The van der Waals surface area contributed by atoms with Crippen molar-refractivity contribution in [3.05, 3.63) is 53.3 Å². The van der Waals surface area contributed by atoms with Crippen molar-refractivity contribution < 1.29 is 19.1 Å². The van der Waals surface area contributed by atoms with E-state index in [1.165, 1.54) is 0 Å². The lowest BCUT2D eigenvalue weighted by atomic mass is 9.98. The lowest BCUT2D eigenvalue weighted by Crippen LogP contribution is -2.42. The van der Waals surface area contributed by atoms with E-state index in [9.17, 15) is 9.59 Å². The van der Waals surface area contributed by atoms with E-state index in [0.29, 0.717) is 30.2 Å². The molecule has 0 saturated heterocycles. The molecule has 136 valence electrons. The van der Waals surface area contributed by atoms with E-state index in [1.807, 2.05) is 12.1 Å². The predicted octanol–water partition coefficient (Wildman–Crippen LogP) is 1.41.